The summed E-state index contributed by atoms with van der Waals surface area (Å²) in [7, 11) is 1.40. The molecule has 0 saturated heterocycles. The standard InChI is InChI=1S/C17H16FN3O3/c1-8-14(10(3)22)9(2)19-15(8)17-20-16(21-24-17)11-5-6-13(23-4)12(18)7-11/h5-7,19H,1-4H3. The minimum atomic E-state index is -0.507. The Morgan fingerprint density at radius 1 is 1.33 bits per heavy atom. The molecule has 2 heterocycles. The lowest BCUT2D eigenvalue weighted by Crippen LogP contribution is -1.94. The first-order valence-corrected chi connectivity index (χ1v) is 7.30. The van der Waals surface area contributed by atoms with E-state index < -0.39 is 5.82 Å². The van der Waals surface area contributed by atoms with Gasteiger partial charge in [0, 0.05) is 16.8 Å². The predicted molar refractivity (Wildman–Crippen MR) is 85.5 cm³/mol. The third-order valence-corrected chi connectivity index (χ3v) is 3.84. The Balaban J connectivity index is 2.01. The first-order chi connectivity index (χ1) is 11.4. The van der Waals surface area contributed by atoms with Crippen molar-refractivity contribution in [3.8, 4) is 28.7 Å². The fourth-order valence-electron chi connectivity index (χ4n) is 2.74. The van der Waals surface area contributed by atoms with Gasteiger partial charge in [-0.3, -0.25) is 4.79 Å². The Labute approximate surface area is 137 Å². The minimum Gasteiger partial charge on any atom is -0.494 e. The van der Waals surface area contributed by atoms with Crippen LogP contribution in [0.25, 0.3) is 23.0 Å². The predicted octanol–water partition coefficient (Wildman–Crippen LogP) is 3.70. The van der Waals surface area contributed by atoms with E-state index in [2.05, 4.69) is 15.1 Å². The summed E-state index contributed by atoms with van der Waals surface area (Å²) in [6.07, 6.45) is 0. The van der Waals surface area contributed by atoms with Crippen LogP contribution in [0.4, 0.5) is 4.39 Å². The molecule has 3 rings (SSSR count). The molecule has 0 bridgehead atoms. The molecule has 7 heteroatoms. The molecular weight excluding hydrogens is 313 g/mol. The Morgan fingerprint density at radius 2 is 2.08 bits per heavy atom. The Bertz CT molecular complexity index is 927. The van der Waals surface area contributed by atoms with Gasteiger partial charge in [0.05, 0.1) is 7.11 Å². The van der Waals surface area contributed by atoms with Crippen LogP contribution in [0.1, 0.15) is 28.5 Å². The molecule has 0 atom stereocenters. The summed E-state index contributed by atoms with van der Waals surface area (Å²) < 4.78 is 24.0. The number of hydrogen-bond acceptors (Lipinski definition) is 5. The van der Waals surface area contributed by atoms with E-state index in [4.69, 9.17) is 9.26 Å². The molecule has 1 N–H and O–H groups in total. The van der Waals surface area contributed by atoms with Crippen molar-refractivity contribution >= 4 is 5.78 Å². The van der Waals surface area contributed by atoms with Crippen molar-refractivity contribution in [3.63, 3.8) is 0 Å². The molecule has 24 heavy (non-hydrogen) atoms. The van der Waals surface area contributed by atoms with Gasteiger partial charge in [0.15, 0.2) is 17.3 Å². The maximum Gasteiger partial charge on any atom is 0.274 e. The average Bonchev–Trinajstić information content (AvgIpc) is 3.11. The van der Waals surface area contributed by atoms with Crippen molar-refractivity contribution in [2.75, 3.05) is 7.11 Å². The van der Waals surface area contributed by atoms with E-state index >= 15 is 0 Å². The highest BCUT2D eigenvalue weighted by atomic mass is 19.1. The van der Waals surface area contributed by atoms with Gasteiger partial charge in [0.2, 0.25) is 5.82 Å². The number of rotatable bonds is 4. The molecule has 0 amide bonds. The van der Waals surface area contributed by atoms with Crippen LogP contribution in [-0.2, 0) is 0 Å². The van der Waals surface area contributed by atoms with Gasteiger partial charge >= 0.3 is 0 Å². The lowest BCUT2D eigenvalue weighted by atomic mass is 10.1. The zero-order chi connectivity index (χ0) is 17.4. The number of hydrogen-bond donors (Lipinski definition) is 1. The summed E-state index contributed by atoms with van der Waals surface area (Å²) in [6, 6.07) is 4.42. The average molecular weight is 329 g/mol. The molecule has 0 fully saturated rings. The van der Waals surface area contributed by atoms with Crippen LogP contribution >= 0.6 is 0 Å². The van der Waals surface area contributed by atoms with Gasteiger partial charge in [0.1, 0.15) is 5.69 Å². The topological polar surface area (TPSA) is 81.0 Å². The number of Topliss-reactive ketones (excluding diaryl/α,β-unsaturated/α-hetero) is 1. The van der Waals surface area contributed by atoms with Crippen molar-refractivity contribution < 1.29 is 18.4 Å². The van der Waals surface area contributed by atoms with E-state index in [0.29, 0.717) is 16.8 Å². The number of halogens is 1. The number of carbonyl (C=O) groups is 1. The molecule has 1 aromatic carbocycles. The summed E-state index contributed by atoms with van der Waals surface area (Å²) in [5.41, 5.74) is 3.16. The van der Waals surface area contributed by atoms with E-state index in [1.54, 1.807) is 6.07 Å². The van der Waals surface area contributed by atoms with E-state index in [1.807, 2.05) is 13.8 Å². The van der Waals surface area contributed by atoms with Crippen LogP contribution in [0.5, 0.6) is 5.75 Å². The Hall–Kier alpha value is -2.96. The number of ketones is 1. The number of H-pyrrole nitrogens is 1. The Morgan fingerprint density at radius 3 is 2.67 bits per heavy atom. The molecule has 0 aliphatic carbocycles. The van der Waals surface area contributed by atoms with Crippen LogP contribution < -0.4 is 4.74 Å². The molecule has 0 unspecified atom stereocenters. The molecule has 0 saturated carbocycles. The van der Waals surface area contributed by atoms with Gasteiger partial charge in [-0.1, -0.05) is 5.16 Å². The largest absolute Gasteiger partial charge is 0.494 e. The maximum absolute atomic E-state index is 13.8. The second-order valence-electron chi connectivity index (χ2n) is 5.45. The van der Waals surface area contributed by atoms with Crippen LogP contribution in [0.15, 0.2) is 22.7 Å². The zero-order valence-corrected chi connectivity index (χ0v) is 13.7. The first-order valence-electron chi connectivity index (χ1n) is 7.30. The van der Waals surface area contributed by atoms with Gasteiger partial charge in [-0.05, 0) is 44.5 Å². The van der Waals surface area contributed by atoms with Gasteiger partial charge in [-0.25, -0.2) is 4.39 Å². The number of nitrogens with one attached hydrogen (secondary N) is 1. The molecule has 0 aliphatic heterocycles. The Kier molecular flexibility index (Phi) is 3.92. The van der Waals surface area contributed by atoms with E-state index in [0.717, 1.165) is 11.3 Å². The number of nitrogens with zero attached hydrogens (tertiary/aromatic N) is 2. The lowest BCUT2D eigenvalue weighted by molar-refractivity contribution is 0.101. The van der Waals surface area contributed by atoms with Crippen LogP contribution in [-0.4, -0.2) is 28.0 Å². The number of aromatic nitrogens is 3. The van der Waals surface area contributed by atoms with Crippen LogP contribution in [0, 0.1) is 19.7 Å². The third kappa shape index (κ3) is 2.58. The first kappa shape index (κ1) is 15.9. The van der Waals surface area contributed by atoms with Crippen molar-refractivity contribution in [2.45, 2.75) is 20.8 Å². The lowest BCUT2D eigenvalue weighted by Gasteiger charge is -2.01. The molecule has 3 aromatic rings. The van der Waals surface area contributed by atoms with E-state index in [1.165, 1.54) is 26.2 Å². The molecule has 0 spiro atoms. The van der Waals surface area contributed by atoms with Gasteiger partial charge in [-0.2, -0.15) is 4.98 Å². The van der Waals surface area contributed by atoms with Crippen LogP contribution in [0.3, 0.4) is 0 Å². The molecule has 0 radical (unpaired) electrons. The summed E-state index contributed by atoms with van der Waals surface area (Å²) in [4.78, 5) is 19.1. The van der Waals surface area contributed by atoms with Crippen molar-refractivity contribution in [1.29, 1.82) is 0 Å². The highest BCUT2D eigenvalue weighted by Gasteiger charge is 2.21. The van der Waals surface area contributed by atoms with Crippen LogP contribution in [0.2, 0.25) is 0 Å². The maximum atomic E-state index is 13.8. The number of aromatic amines is 1. The monoisotopic (exact) mass is 329 g/mol. The fourth-order valence-corrected chi connectivity index (χ4v) is 2.74. The second-order valence-corrected chi connectivity index (χ2v) is 5.45. The number of carbonyl (C=O) groups excluding carboxylic acids is 1. The van der Waals surface area contributed by atoms with Gasteiger partial charge < -0.3 is 14.2 Å². The number of methoxy groups -OCH3 is 1. The molecule has 6 nitrogen and oxygen atoms in total. The van der Waals surface area contributed by atoms with Gasteiger partial charge in [0.25, 0.3) is 5.89 Å². The number of ether oxygens (including phenoxy) is 1. The highest BCUT2D eigenvalue weighted by Crippen LogP contribution is 2.29. The normalized spacial score (nSPS) is 10.9. The zero-order valence-electron chi connectivity index (χ0n) is 13.7. The number of aryl methyl sites for hydroxylation is 1. The molecule has 124 valence electrons. The second kappa shape index (κ2) is 5.92. The fraction of sp³-hybridized carbons (Fsp3) is 0.235. The number of benzene rings is 1. The van der Waals surface area contributed by atoms with E-state index in [-0.39, 0.29) is 23.2 Å². The van der Waals surface area contributed by atoms with Crippen molar-refractivity contribution in [2.24, 2.45) is 0 Å². The quantitative estimate of drug-likeness (QED) is 0.738. The summed E-state index contributed by atoms with van der Waals surface area (Å²) in [6.45, 7) is 5.13. The minimum absolute atomic E-state index is 0.0375. The van der Waals surface area contributed by atoms with Crippen molar-refractivity contribution in [3.05, 3.63) is 40.8 Å². The third-order valence-electron chi connectivity index (χ3n) is 3.84. The summed E-state index contributed by atoms with van der Waals surface area (Å²) in [5, 5.41) is 3.89. The SMILES string of the molecule is COc1ccc(-c2noc(-c3[nH]c(C)c(C(C)=O)c3C)n2)cc1F. The summed E-state index contributed by atoms with van der Waals surface area (Å²) in [5.74, 6) is 0.0953. The highest BCUT2D eigenvalue weighted by molar-refractivity contribution is 5.98. The van der Waals surface area contributed by atoms with E-state index in [9.17, 15) is 9.18 Å². The molecule has 2 aromatic heterocycles. The smallest absolute Gasteiger partial charge is 0.274 e. The van der Waals surface area contributed by atoms with Gasteiger partial charge in [-0.15, -0.1) is 0 Å². The van der Waals surface area contributed by atoms with Crippen molar-refractivity contribution in [1.82, 2.24) is 15.1 Å². The molecule has 0 aliphatic rings. The summed E-state index contributed by atoms with van der Waals surface area (Å²) >= 11 is 0. The molecular formula is C17H16FN3O3.